The number of halogens is 1. The molecule has 8 heavy (non-hydrogen) atoms. The third kappa shape index (κ3) is 0.726. The minimum Gasteiger partial charge on any atom is -0.381 e. The Balaban J connectivity index is 3.13. The number of aromatic nitrogens is 2. The van der Waals surface area contributed by atoms with E-state index in [1.54, 1.807) is 0 Å². The van der Waals surface area contributed by atoms with Crippen molar-refractivity contribution in [3.05, 3.63) is 18.3 Å². The predicted octanol–water partition coefficient (Wildman–Crippen LogP) is -0.00191. The largest absolute Gasteiger partial charge is 0.381 e. The van der Waals surface area contributed by atoms with Crippen LogP contribution in [0.1, 0.15) is 0 Å². The Hall–Kier alpha value is -1.19. The van der Waals surface area contributed by atoms with Gasteiger partial charge < -0.3 is 5.73 Å². The van der Waals surface area contributed by atoms with Crippen molar-refractivity contribution in [1.82, 2.24) is 9.97 Å². The zero-order valence-electron chi connectivity index (χ0n) is 3.93. The molecule has 1 heterocycles. The summed E-state index contributed by atoms with van der Waals surface area (Å²) in [5.41, 5.74) is 4.96. The van der Waals surface area contributed by atoms with E-state index in [-0.39, 0.29) is 5.82 Å². The third-order valence-corrected chi connectivity index (χ3v) is 0.651. The Labute approximate surface area is 45.4 Å². The van der Waals surface area contributed by atoms with Gasteiger partial charge in [-0.05, 0) is 0 Å². The van der Waals surface area contributed by atoms with Gasteiger partial charge in [-0.2, -0.15) is 0 Å². The summed E-state index contributed by atoms with van der Waals surface area (Å²) >= 11 is 0. The number of nitrogens with two attached hydrogens (primary N) is 1. The first kappa shape index (κ1) is 4.96. The summed E-state index contributed by atoms with van der Waals surface area (Å²) < 4.78 is 12.0. The molecule has 1 aromatic rings. The van der Waals surface area contributed by atoms with Crippen molar-refractivity contribution in [2.24, 2.45) is 0 Å². The lowest BCUT2D eigenvalue weighted by atomic mass is 10.6. The summed E-state index contributed by atoms with van der Waals surface area (Å²) in [5.74, 6) is -0.774. The van der Waals surface area contributed by atoms with E-state index < -0.39 is 5.82 Å². The molecule has 1 radical (unpaired) electrons. The Morgan fingerprint density at radius 3 is 2.88 bits per heavy atom. The minimum absolute atomic E-state index is 0.167. The van der Waals surface area contributed by atoms with Gasteiger partial charge in [-0.1, -0.05) is 0 Å². The van der Waals surface area contributed by atoms with Crippen LogP contribution in [0.4, 0.5) is 10.2 Å². The van der Waals surface area contributed by atoms with Gasteiger partial charge >= 0.3 is 0 Å². The molecule has 1 aromatic heterocycles. The van der Waals surface area contributed by atoms with Gasteiger partial charge in [0.2, 0.25) is 0 Å². The second-order valence-corrected chi connectivity index (χ2v) is 1.20. The summed E-state index contributed by atoms with van der Waals surface area (Å²) in [6, 6.07) is 0. The Bertz CT molecular complexity index is 167. The Morgan fingerprint density at radius 2 is 2.50 bits per heavy atom. The standard InChI is InChI=1S/C4H3FN3/c5-3-1-7-2-8-4(3)6/h1H,(H2,6,7,8). The van der Waals surface area contributed by atoms with E-state index in [4.69, 9.17) is 5.73 Å². The van der Waals surface area contributed by atoms with E-state index in [9.17, 15) is 4.39 Å². The van der Waals surface area contributed by atoms with Gasteiger partial charge in [0, 0.05) is 0 Å². The lowest BCUT2D eigenvalue weighted by Crippen LogP contribution is -1.94. The molecule has 0 aliphatic rings. The first-order chi connectivity index (χ1) is 3.80. The number of nitrogens with zero attached hydrogens (tertiary/aromatic N) is 2. The fourth-order valence-corrected chi connectivity index (χ4v) is 0.288. The van der Waals surface area contributed by atoms with Crippen molar-refractivity contribution in [1.29, 1.82) is 0 Å². The van der Waals surface area contributed by atoms with Crippen LogP contribution in [-0.2, 0) is 0 Å². The first-order valence-corrected chi connectivity index (χ1v) is 1.95. The highest BCUT2D eigenvalue weighted by Crippen LogP contribution is 1.98. The van der Waals surface area contributed by atoms with Crippen LogP contribution in [0.5, 0.6) is 0 Å². The summed E-state index contributed by atoms with van der Waals surface area (Å²) in [7, 11) is 0. The maximum Gasteiger partial charge on any atom is 0.199 e. The highest BCUT2D eigenvalue weighted by atomic mass is 19.1. The monoisotopic (exact) mass is 112 g/mol. The zero-order valence-corrected chi connectivity index (χ0v) is 3.93. The van der Waals surface area contributed by atoms with Gasteiger partial charge in [0.25, 0.3) is 0 Å². The molecule has 2 N–H and O–H groups in total. The van der Waals surface area contributed by atoms with E-state index in [0.717, 1.165) is 6.20 Å². The molecule has 41 valence electrons. The SMILES string of the molecule is Nc1n[c]ncc1F. The number of rotatable bonds is 0. The highest BCUT2D eigenvalue weighted by Gasteiger charge is 1.93. The molecule has 0 saturated carbocycles. The van der Waals surface area contributed by atoms with Crippen molar-refractivity contribution < 1.29 is 4.39 Å². The van der Waals surface area contributed by atoms with Crippen LogP contribution in [0.15, 0.2) is 6.20 Å². The van der Waals surface area contributed by atoms with Gasteiger partial charge in [0.1, 0.15) is 0 Å². The number of hydrogen-bond acceptors (Lipinski definition) is 3. The molecule has 0 aliphatic carbocycles. The van der Waals surface area contributed by atoms with Crippen LogP contribution < -0.4 is 5.73 Å². The molecule has 0 saturated heterocycles. The molecule has 0 aromatic carbocycles. The second-order valence-electron chi connectivity index (χ2n) is 1.20. The summed E-state index contributed by atoms with van der Waals surface area (Å²) in [6.07, 6.45) is 3.10. The van der Waals surface area contributed by atoms with E-state index in [1.807, 2.05) is 0 Å². The van der Waals surface area contributed by atoms with Crippen LogP contribution in [0.2, 0.25) is 0 Å². The van der Waals surface area contributed by atoms with Crippen LogP contribution in [0.3, 0.4) is 0 Å². The number of anilines is 1. The second kappa shape index (κ2) is 1.73. The van der Waals surface area contributed by atoms with E-state index >= 15 is 0 Å². The van der Waals surface area contributed by atoms with Crippen LogP contribution in [0.25, 0.3) is 0 Å². The lowest BCUT2D eigenvalue weighted by Gasteiger charge is -1.87. The van der Waals surface area contributed by atoms with Gasteiger partial charge in [-0.25, -0.2) is 14.4 Å². The predicted molar refractivity (Wildman–Crippen MR) is 25.2 cm³/mol. The molecule has 0 spiro atoms. The number of nitrogen functional groups attached to an aromatic ring is 1. The molecular weight excluding hydrogens is 109 g/mol. The van der Waals surface area contributed by atoms with Crippen molar-refractivity contribution in [2.75, 3.05) is 5.73 Å². The minimum atomic E-state index is -0.608. The van der Waals surface area contributed by atoms with Crippen LogP contribution in [-0.4, -0.2) is 9.97 Å². The lowest BCUT2D eigenvalue weighted by molar-refractivity contribution is 0.619. The molecule has 0 fully saturated rings. The Kier molecular flexibility index (Phi) is 1.07. The van der Waals surface area contributed by atoms with Gasteiger partial charge in [0.15, 0.2) is 18.0 Å². The molecule has 1 rings (SSSR count). The van der Waals surface area contributed by atoms with Crippen LogP contribution in [0, 0.1) is 12.1 Å². The quantitative estimate of drug-likeness (QED) is 0.513. The molecule has 0 atom stereocenters. The van der Waals surface area contributed by atoms with E-state index in [2.05, 4.69) is 16.3 Å². The third-order valence-electron chi connectivity index (χ3n) is 0.651. The zero-order chi connectivity index (χ0) is 5.98. The average molecular weight is 112 g/mol. The first-order valence-electron chi connectivity index (χ1n) is 1.95. The summed E-state index contributed by atoms with van der Waals surface area (Å²) in [5, 5.41) is 0. The Morgan fingerprint density at radius 1 is 1.75 bits per heavy atom. The fraction of sp³-hybridized carbons (Fsp3) is 0. The molecule has 0 amide bonds. The van der Waals surface area contributed by atoms with E-state index in [0.29, 0.717) is 0 Å². The smallest absolute Gasteiger partial charge is 0.199 e. The maximum absolute atomic E-state index is 12.0. The van der Waals surface area contributed by atoms with Crippen molar-refractivity contribution in [2.45, 2.75) is 0 Å². The molecule has 0 bridgehead atoms. The molecule has 4 heteroatoms. The van der Waals surface area contributed by atoms with Gasteiger partial charge in [-0.3, -0.25) is 0 Å². The summed E-state index contributed by atoms with van der Waals surface area (Å²) in [4.78, 5) is 6.50. The van der Waals surface area contributed by atoms with Crippen LogP contribution >= 0.6 is 0 Å². The molecule has 0 aliphatic heterocycles. The van der Waals surface area contributed by atoms with Gasteiger partial charge in [-0.15, -0.1) is 0 Å². The summed E-state index contributed by atoms with van der Waals surface area (Å²) in [6.45, 7) is 0. The maximum atomic E-state index is 12.0. The van der Waals surface area contributed by atoms with Crippen molar-refractivity contribution in [3.8, 4) is 0 Å². The molecule has 3 nitrogen and oxygen atoms in total. The highest BCUT2D eigenvalue weighted by molar-refractivity contribution is 5.25. The van der Waals surface area contributed by atoms with E-state index in [1.165, 1.54) is 0 Å². The molecule has 0 unspecified atom stereocenters. The molecular formula is C4H3FN3. The number of hydrogen-bond donors (Lipinski definition) is 1. The van der Waals surface area contributed by atoms with Crippen molar-refractivity contribution >= 4 is 5.82 Å². The topological polar surface area (TPSA) is 51.8 Å². The average Bonchev–Trinajstić information content (AvgIpc) is 1.77. The fourth-order valence-electron chi connectivity index (χ4n) is 0.288. The van der Waals surface area contributed by atoms with Crippen molar-refractivity contribution in [3.63, 3.8) is 0 Å². The van der Waals surface area contributed by atoms with Gasteiger partial charge in [0.05, 0.1) is 6.20 Å². The normalized spacial score (nSPS) is 9.12.